The van der Waals surface area contributed by atoms with Crippen molar-refractivity contribution in [2.24, 2.45) is 0 Å². The molecule has 9 heteroatoms. The van der Waals surface area contributed by atoms with Crippen LogP contribution < -0.4 is 4.72 Å². The third kappa shape index (κ3) is 3.65. The standard InChI is InChI=1S/C11H6Br2Cl2N2O2S/c12-6-1-2-8(14)9(3-6)17-20(18,19)10-4-7(13)5-16-11(10)15/h1-5,17H. The smallest absolute Gasteiger partial charge is 0.265 e. The van der Waals surface area contributed by atoms with Gasteiger partial charge in [0.1, 0.15) is 10.0 Å². The third-order valence-electron chi connectivity index (χ3n) is 2.24. The highest BCUT2D eigenvalue weighted by molar-refractivity contribution is 9.10. The summed E-state index contributed by atoms with van der Waals surface area (Å²) in [5, 5.41) is 0.155. The molecule has 0 spiro atoms. The van der Waals surface area contributed by atoms with E-state index in [1.165, 1.54) is 12.3 Å². The average Bonchev–Trinajstić information content (AvgIpc) is 2.36. The number of halogens is 4. The van der Waals surface area contributed by atoms with Crippen molar-refractivity contribution in [2.75, 3.05) is 4.72 Å². The first-order chi connectivity index (χ1) is 9.29. The van der Waals surface area contributed by atoms with E-state index < -0.39 is 10.0 Å². The second-order valence-corrected chi connectivity index (χ2v) is 7.92. The summed E-state index contributed by atoms with van der Waals surface area (Å²) in [6, 6.07) is 6.20. The molecule has 0 aliphatic carbocycles. The molecule has 0 unspecified atom stereocenters. The van der Waals surface area contributed by atoms with E-state index in [0.29, 0.717) is 8.95 Å². The summed E-state index contributed by atoms with van der Waals surface area (Å²) in [5.74, 6) is 0. The molecular formula is C11H6Br2Cl2N2O2S. The lowest BCUT2D eigenvalue weighted by atomic mass is 10.3. The lowest BCUT2D eigenvalue weighted by Crippen LogP contribution is -2.14. The van der Waals surface area contributed by atoms with Crippen LogP contribution >= 0.6 is 55.1 Å². The van der Waals surface area contributed by atoms with Gasteiger partial charge in [-0.1, -0.05) is 39.1 Å². The van der Waals surface area contributed by atoms with Crippen molar-refractivity contribution < 1.29 is 8.42 Å². The van der Waals surface area contributed by atoms with Crippen molar-refractivity contribution in [1.82, 2.24) is 4.98 Å². The maximum absolute atomic E-state index is 12.3. The number of anilines is 1. The Balaban J connectivity index is 2.46. The van der Waals surface area contributed by atoms with E-state index in [9.17, 15) is 8.42 Å². The lowest BCUT2D eigenvalue weighted by molar-refractivity contribution is 0.601. The van der Waals surface area contributed by atoms with Gasteiger partial charge in [0, 0.05) is 15.1 Å². The van der Waals surface area contributed by atoms with Gasteiger partial charge >= 0.3 is 0 Å². The average molecular weight is 461 g/mol. The zero-order chi connectivity index (χ0) is 14.9. The number of hydrogen-bond acceptors (Lipinski definition) is 3. The molecule has 0 saturated carbocycles. The quantitative estimate of drug-likeness (QED) is 0.674. The van der Waals surface area contributed by atoms with Gasteiger partial charge in [0.15, 0.2) is 0 Å². The molecule has 1 aromatic heterocycles. The van der Waals surface area contributed by atoms with E-state index in [4.69, 9.17) is 23.2 Å². The highest BCUT2D eigenvalue weighted by Crippen LogP contribution is 2.30. The van der Waals surface area contributed by atoms with E-state index in [-0.39, 0.29) is 20.8 Å². The van der Waals surface area contributed by atoms with E-state index in [1.54, 1.807) is 18.2 Å². The van der Waals surface area contributed by atoms with Crippen molar-refractivity contribution in [3.63, 3.8) is 0 Å². The first kappa shape index (κ1) is 16.0. The monoisotopic (exact) mass is 458 g/mol. The van der Waals surface area contributed by atoms with Gasteiger partial charge in [-0.05, 0) is 40.2 Å². The topological polar surface area (TPSA) is 59.1 Å². The summed E-state index contributed by atoms with van der Waals surface area (Å²) in [6.07, 6.45) is 1.41. The Hall–Kier alpha value is -0.340. The van der Waals surface area contributed by atoms with E-state index >= 15 is 0 Å². The molecule has 1 aromatic carbocycles. The van der Waals surface area contributed by atoms with Gasteiger partial charge in [-0.15, -0.1) is 0 Å². The second kappa shape index (κ2) is 6.19. The van der Waals surface area contributed by atoms with Crippen LogP contribution in [0.2, 0.25) is 10.2 Å². The van der Waals surface area contributed by atoms with Crippen LogP contribution in [0.5, 0.6) is 0 Å². The Kier molecular flexibility index (Phi) is 4.96. The van der Waals surface area contributed by atoms with Gasteiger partial charge < -0.3 is 0 Å². The van der Waals surface area contributed by atoms with Crippen molar-refractivity contribution in [3.8, 4) is 0 Å². The first-order valence-electron chi connectivity index (χ1n) is 5.08. The molecule has 0 fully saturated rings. The second-order valence-electron chi connectivity index (χ2n) is 3.67. The van der Waals surface area contributed by atoms with Crippen molar-refractivity contribution >= 4 is 70.8 Å². The molecule has 2 aromatic rings. The molecule has 0 bridgehead atoms. The van der Waals surface area contributed by atoms with E-state index in [0.717, 1.165) is 0 Å². The molecule has 0 saturated heterocycles. The van der Waals surface area contributed by atoms with Gasteiger partial charge in [-0.2, -0.15) is 0 Å². The number of sulfonamides is 1. The van der Waals surface area contributed by atoms with Gasteiger partial charge in [-0.25, -0.2) is 13.4 Å². The van der Waals surface area contributed by atoms with Gasteiger partial charge in [0.25, 0.3) is 10.0 Å². The fraction of sp³-hybridized carbons (Fsp3) is 0. The van der Waals surface area contributed by atoms with Gasteiger partial charge in [0.05, 0.1) is 10.7 Å². The molecule has 1 heterocycles. The number of nitrogens with one attached hydrogen (secondary N) is 1. The van der Waals surface area contributed by atoms with E-state index in [2.05, 4.69) is 41.6 Å². The predicted molar refractivity (Wildman–Crippen MR) is 86.9 cm³/mol. The number of hydrogen-bond donors (Lipinski definition) is 1. The maximum atomic E-state index is 12.3. The van der Waals surface area contributed by atoms with Gasteiger partial charge in [-0.3, -0.25) is 4.72 Å². The molecule has 106 valence electrons. The maximum Gasteiger partial charge on any atom is 0.265 e. The Labute approximate surface area is 142 Å². The molecule has 20 heavy (non-hydrogen) atoms. The van der Waals surface area contributed by atoms with Crippen molar-refractivity contribution in [2.45, 2.75) is 4.90 Å². The van der Waals surface area contributed by atoms with E-state index in [1.807, 2.05) is 0 Å². The van der Waals surface area contributed by atoms with Crippen molar-refractivity contribution in [1.29, 1.82) is 0 Å². The lowest BCUT2D eigenvalue weighted by Gasteiger charge is -2.11. The summed E-state index contributed by atoms with van der Waals surface area (Å²) in [5.41, 5.74) is 0.247. The molecular weight excluding hydrogens is 455 g/mol. The SMILES string of the molecule is O=S(=O)(Nc1cc(Br)ccc1Cl)c1cc(Br)cnc1Cl. The molecule has 2 rings (SSSR count). The van der Waals surface area contributed by atoms with Crippen LogP contribution in [0.25, 0.3) is 0 Å². The number of aromatic nitrogens is 1. The summed E-state index contributed by atoms with van der Waals surface area (Å²) < 4.78 is 28.2. The molecule has 1 N–H and O–H groups in total. The minimum atomic E-state index is -3.89. The highest BCUT2D eigenvalue weighted by Gasteiger charge is 2.20. The normalized spacial score (nSPS) is 11.4. The minimum Gasteiger partial charge on any atom is -0.278 e. The number of rotatable bonds is 3. The number of pyridine rings is 1. The molecule has 0 amide bonds. The summed E-state index contributed by atoms with van der Waals surface area (Å²) >= 11 is 18.2. The highest BCUT2D eigenvalue weighted by atomic mass is 79.9. The Morgan fingerprint density at radius 3 is 2.50 bits per heavy atom. The van der Waals surface area contributed by atoms with Crippen LogP contribution in [-0.4, -0.2) is 13.4 Å². The number of nitrogens with zero attached hydrogens (tertiary/aromatic N) is 1. The molecule has 4 nitrogen and oxygen atoms in total. The van der Waals surface area contributed by atoms with Gasteiger partial charge in [0.2, 0.25) is 0 Å². The summed E-state index contributed by atoms with van der Waals surface area (Å²) in [6.45, 7) is 0. The zero-order valence-corrected chi connectivity index (χ0v) is 15.1. The number of benzene rings is 1. The Morgan fingerprint density at radius 2 is 1.80 bits per heavy atom. The van der Waals surface area contributed by atoms with Crippen LogP contribution in [0.4, 0.5) is 5.69 Å². The minimum absolute atomic E-state index is 0.119. The third-order valence-corrected chi connectivity index (χ3v) is 5.28. The Morgan fingerprint density at radius 1 is 1.10 bits per heavy atom. The Bertz CT molecular complexity index is 769. The van der Waals surface area contributed by atoms with Crippen LogP contribution in [0.3, 0.4) is 0 Å². The fourth-order valence-corrected chi connectivity index (χ4v) is 3.97. The zero-order valence-electron chi connectivity index (χ0n) is 9.57. The molecule has 0 aliphatic heterocycles. The first-order valence-corrected chi connectivity index (χ1v) is 8.91. The van der Waals surface area contributed by atoms with Crippen LogP contribution in [0.15, 0.2) is 44.3 Å². The van der Waals surface area contributed by atoms with Crippen LogP contribution in [0, 0.1) is 0 Å². The summed E-state index contributed by atoms with van der Waals surface area (Å²) in [7, 11) is -3.89. The molecule has 0 atom stereocenters. The predicted octanol–water partition coefficient (Wildman–Crippen LogP) is 4.71. The van der Waals surface area contributed by atoms with Crippen LogP contribution in [0.1, 0.15) is 0 Å². The fourth-order valence-electron chi connectivity index (χ4n) is 1.37. The molecule has 0 aliphatic rings. The van der Waals surface area contributed by atoms with Crippen molar-refractivity contribution in [3.05, 3.63) is 49.6 Å². The largest absolute Gasteiger partial charge is 0.278 e. The summed E-state index contributed by atoms with van der Waals surface area (Å²) in [4.78, 5) is 3.65. The molecule has 0 radical (unpaired) electrons. The van der Waals surface area contributed by atoms with Crippen LogP contribution in [-0.2, 0) is 10.0 Å².